The first-order valence-corrected chi connectivity index (χ1v) is 5.47. The number of pyridine rings is 1. The molecule has 0 aliphatic carbocycles. The minimum absolute atomic E-state index is 0.0394. The fourth-order valence-corrected chi connectivity index (χ4v) is 1.59. The van der Waals surface area contributed by atoms with Gasteiger partial charge in [-0.3, -0.25) is 19.5 Å². The second-order valence-corrected chi connectivity index (χ2v) is 4.25. The van der Waals surface area contributed by atoms with Crippen LogP contribution in [0.2, 0.25) is 0 Å². The Balaban J connectivity index is 2.10. The predicted molar refractivity (Wildman–Crippen MR) is 58.3 cm³/mol. The first-order chi connectivity index (χ1) is 7.66. The van der Waals surface area contributed by atoms with Crippen LogP contribution in [-0.2, 0) is 20.9 Å². The van der Waals surface area contributed by atoms with E-state index in [0.717, 1.165) is 4.47 Å². The molecule has 2 heterocycles. The van der Waals surface area contributed by atoms with Crippen LogP contribution in [0.25, 0.3) is 0 Å². The van der Waals surface area contributed by atoms with Crippen molar-refractivity contribution in [1.82, 2.24) is 9.88 Å². The molecule has 5 nitrogen and oxygen atoms in total. The molecule has 1 aromatic heterocycles. The summed E-state index contributed by atoms with van der Waals surface area (Å²) >= 11 is 3.26. The number of halogens is 1. The van der Waals surface area contributed by atoms with Crippen LogP contribution in [0, 0.1) is 0 Å². The normalized spacial score (nSPS) is 16.7. The molecule has 84 valence electrons. The van der Waals surface area contributed by atoms with Gasteiger partial charge in [-0.25, -0.2) is 0 Å². The molecule has 1 aliphatic heterocycles. The molecular weight excluding hydrogens is 276 g/mol. The summed E-state index contributed by atoms with van der Waals surface area (Å²) in [7, 11) is 0. The summed E-state index contributed by atoms with van der Waals surface area (Å²) in [5.41, 5.74) is 0.673. The lowest BCUT2D eigenvalue weighted by atomic mass is 10.3. The lowest BCUT2D eigenvalue weighted by Crippen LogP contribution is -2.45. The highest BCUT2D eigenvalue weighted by atomic mass is 79.9. The lowest BCUT2D eigenvalue weighted by Gasteiger charge is -2.24. The van der Waals surface area contributed by atoms with Gasteiger partial charge in [-0.05, 0) is 28.1 Å². The number of aromatic nitrogens is 1. The fourth-order valence-electron chi connectivity index (χ4n) is 1.36. The van der Waals surface area contributed by atoms with Crippen molar-refractivity contribution in [3.63, 3.8) is 0 Å². The van der Waals surface area contributed by atoms with Gasteiger partial charge in [0, 0.05) is 10.7 Å². The van der Waals surface area contributed by atoms with E-state index >= 15 is 0 Å². The van der Waals surface area contributed by atoms with E-state index in [4.69, 9.17) is 4.74 Å². The summed E-state index contributed by atoms with van der Waals surface area (Å²) in [5.74, 6) is -0.637. The Kier molecular flexibility index (Phi) is 3.31. The first-order valence-electron chi connectivity index (χ1n) is 4.68. The predicted octanol–water partition coefficient (Wildman–Crippen LogP) is 0.729. The van der Waals surface area contributed by atoms with Gasteiger partial charge < -0.3 is 4.74 Å². The fraction of sp³-hybridized carbons (Fsp3) is 0.300. The minimum Gasteiger partial charge on any atom is -0.362 e. The zero-order valence-electron chi connectivity index (χ0n) is 8.35. The molecule has 0 aromatic carbocycles. The van der Waals surface area contributed by atoms with Crippen molar-refractivity contribution in [1.29, 1.82) is 0 Å². The van der Waals surface area contributed by atoms with E-state index in [2.05, 4.69) is 20.9 Å². The molecule has 6 heteroatoms. The number of carbonyl (C=O) groups is 2. The summed E-state index contributed by atoms with van der Waals surface area (Å²) in [5, 5.41) is 0. The van der Waals surface area contributed by atoms with Gasteiger partial charge in [-0.2, -0.15) is 0 Å². The lowest BCUT2D eigenvalue weighted by molar-refractivity contribution is -0.159. The van der Waals surface area contributed by atoms with E-state index in [-0.39, 0.29) is 31.6 Å². The van der Waals surface area contributed by atoms with Crippen LogP contribution in [-0.4, -0.2) is 34.9 Å². The van der Waals surface area contributed by atoms with E-state index in [0.29, 0.717) is 5.69 Å². The number of hydrogen-bond acceptors (Lipinski definition) is 4. The van der Waals surface area contributed by atoms with Crippen molar-refractivity contribution in [2.24, 2.45) is 0 Å². The quantitative estimate of drug-likeness (QED) is 0.752. The summed E-state index contributed by atoms with van der Waals surface area (Å²) in [4.78, 5) is 28.1. The van der Waals surface area contributed by atoms with Crippen molar-refractivity contribution in [3.05, 3.63) is 28.5 Å². The number of carbonyl (C=O) groups excluding carboxylic acids is 2. The third kappa shape index (κ3) is 2.45. The van der Waals surface area contributed by atoms with Crippen LogP contribution in [0.4, 0.5) is 0 Å². The van der Waals surface area contributed by atoms with Gasteiger partial charge in [0.15, 0.2) is 0 Å². The molecule has 0 spiro atoms. The monoisotopic (exact) mass is 284 g/mol. The molecule has 16 heavy (non-hydrogen) atoms. The zero-order valence-corrected chi connectivity index (χ0v) is 9.94. The average molecular weight is 285 g/mol. The number of ether oxygens (including phenoxy) is 1. The molecule has 1 aliphatic rings. The molecule has 0 bridgehead atoms. The standard InChI is InChI=1S/C10H9BrN2O3/c11-7-1-2-8(12-3-7)4-13-9(14)5-16-6-10(13)15/h1-3H,4-6H2. The van der Waals surface area contributed by atoms with E-state index in [1.165, 1.54) is 4.90 Å². The average Bonchev–Trinajstić information content (AvgIpc) is 2.26. The molecule has 1 saturated heterocycles. The molecular formula is C10H9BrN2O3. The number of morpholine rings is 1. The van der Waals surface area contributed by atoms with Gasteiger partial charge in [0.1, 0.15) is 13.2 Å². The van der Waals surface area contributed by atoms with Crippen molar-refractivity contribution >= 4 is 27.7 Å². The van der Waals surface area contributed by atoms with Crippen molar-refractivity contribution in [2.45, 2.75) is 6.54 Å². The number of imide groups is 1. The van der Waals surface area contributed by atoms with E-state index in [9.17, 15) is 9.59 Å². The second kappa shape index (κ2) is 4.71. The highest BCUT2D eigenvalue weighted by Gasteiger charge is 2.26. The van der Waals surface area contributed by atoms with Gasteiger partial charge in [-0.1, -0.05) is 0 Å². The summed E-state index contributed by atoms with van der Waals surface area (Å²) in [6.07, 6.45) is 1.63. The highest BCUT2D eigenvalue weighted by molar-refractivity contribution is 9.10. The van der Waals surface area contributed by atoms with E-state index in [1.54, 1.807) is 12.3 Å². The van der Waals surface area contributed by atoms with Crippen molar-refractivity contribution in [2.75, 3.05) is 13.2 Å². The van der Waals surface area contributed by atoms with Crippen LogP contribution in [0.15, 0.2) is 22.8 Å². The Morgan fingerprint density at radius 1 is 1.31 bits per heavy atom. The van der Waals surface area contributed by atoms with Gasteiger partial charge in [0.05, 0.1) is 12.2 Å². The molecule has 0 saturated carbocycles. The van der Waals surface area contributed by atoms with Gasteiger partial charge in [-0.15, -0.1) is 0 Å². The molecule has 0 N–H and O–H groups in total. The molecule has 0 unspecified atom stereocenters. The smallest absolute Gasteiger partial charge is 0.255 e. The maximum Gasteiger partial charge on any atom is 0.255 e. The number of rotatable bonds is 2. The molecule has 1 fully saturated rings. The summed E-state index contributed by atoms with van der Waals surface area (Å²) < 4.78 is 5.67. The van der Waals surface area contributed by atoms with Gasteiger partial charge in [0.25, 0.3) is 11.8 Å². The minimum atomic E-state index is -0.319. The van der Waals surface area contributed by atoms with Crippen LogP contribution in [0.3, 0.4) is 0 Å². The van der Waals surface area contributed by atoms with E-state index < -0.39 is 0 Å². The number of hydrogen-bond donors (Lipinski definition) is 0. The molecule has 0 atom stereocenters. The third-order valence-corrected chi connectivity index (χ3v) is 2.63. The third-order valence-electron chi connectivity index (χ3n) is 2.16. The Morgan fingerprint density at radius 3 is 2.56 bits per heavy atom. The van der Waals surface area contributed by atoms with Gasteiger partial charge in [0.2, 0.25) is 0 Å². The maximum absolute atomic E-state index is 11.4. The largest absolute Gasteiger partial charge is 0.362 e. The first kappa shape index (κ1) is 11.2. The Labute approximate surface area is 101 Å². The maximum atomic E-state index is 11.4. The van der Waals surface area contributed by atoms with Crippen molar-refractivity contribution in [3.8, 4) is 0 Å². The Bertz CT molecular complexity index is 403. The topological polar surface area (TPSA) is 59.5 Å². The van der Waals surface area contributed by atoms with Crippen LogP contribution in [0.5, 0.6) is 0 Å². The second-order valence-electron chi connectivity index (χ2n) is 3.33. The SMILES string of the molecule is O=C1COCC(=O)N1Cc1ccc(Br)cn1. The van der Waals surface area contributed by atoms with Gasteiger partial charge >= 0.3 is 0 Å². The molecule has 2 rings (SSSR count). The molecule has 0 radical (unpaired) electrons. The van der Waals surface area contributed by atoms with Crippen LogP contribution in [0.1, 0.15) is 5.69 Å². The number of nitrogens with zero attached hydrogens (tertiary/aromatic N) is 2. The summed E-state index contributed by atoms with van der Waals surface area (Å²) in [6, 6.07) is 3.58. The molecule has 2 amide bonds. The van der Waals surface area contributed by atoms with Crippen LogP contribution >= 0.6 is 15.9 Å². The zero-order chi connectivity index (χ0) is 11.5. The van der Waals surface area contributed by atoms with Crippen LogP contribution < -0.4 is 0 Å². The Morgan fingerprint density at radius 2 is 2.00 bits per heavy atom. The Hall–Kier alpha value is -1.27. The highest BCUT2D eigenvalue weighted by Crippen LogP contribution is 2.11. The number of amides is 2. The van der Waals surface area contributed by atoms with Crippen molar-refractivity contribution < 1.29 is 14.3 Å². The molecule has 1 aromatic rings. The summed E-state index contributed by atoms with van der Waals surface area (Å²) in [6.45, 7) is 0.124. The van der Waals surface area contributed by atoms with E-state index in [1.807, 2.05) is 6.07 Å².